The summed E-state index contributed by atoms with van der Waals surface area (Å²) in [5.74, 6) is 1.84. The van der Waals surface area contributed by atoms with Gasteiger partial charge in [0.25, 0.3) is 0 Å². The van der Waals surface area contributed by atoms with E-state index in [1.54, 1.807) is 12.1 Å². The van der Waals surface area contributed by atoms with Gasteiger partial charge in [-0.25, -0.2) is 9.37 Å². The third-order valence-corrected chi connectivity index (χ3v) is 6.51. The number of fused-ring (bicyclic) bond motifs is 1. The lowest BCUT2D eigenvalue weighted by Gasteiger charge is -2.25. The van der Waals surface area contributed by atoms with Crippen molar-refractivity contribution in [3.63, 3.8) is 0 Å². The van der Waals surface area contributed by atoms with Gasteiger partial charge in [0.2, 0.25) is 0 Å². The highest BCUT2D eigenvalue weighted by Gasteiger charge is 2.32. The van der Waals surface area contributed by atoms with Gasteiger partial charge in [-0.3, -0.25) is 0 Å². The van der Waals surface area contributed by atoms with E-state index in [-0.39, 0.29) is 15.9 Å². The molecule has 0 spiro atoms. The van der Waals surface area contributed by atoms with Gasteiger partial charge in [-0.15, -0.1) is 11.6 Å². The Morgan fingerprint density at radius 1 is 1.57 bits per heavy atom. The Bertz CT molecular complexity index is 680. The summed E-state index contributed by atoms with van der Waals surface area (Å²) < 4.78 is 16.9. The van der Waals surface area contributed by atoms with Crippen molar-refractivity contribution in [2.45, 2.75) is 43.4 Å². The predicted octanol–water partition coefficient (Wildman–Crippen LogP) is 5.37. The summed E-state index contributed by atoms with van der Waals surface area (Å²) >= 11 is 10.3. The van der Waals surface area contributed by atoms with Gasteiger partial charge in [0.15, 0.2) is 0 Å². The Labute approximate surface area is 147 Å². The molecule has 1 aliphatic heterocycles. The molecular formula is C15H17ClFIN2S. The smallest absolute Gasteiger partial charge is 0.138 e. The second-order valence-corrected chi connectivity index (χ2v) is 9.33. The van der Waals surface area contributed by atoms with Crippen LogP contribution in [0.3, 0.4) is 0 Å². The summed E-state index contributed by atoms with van der Waals surface area (Å²) in [6, 6.07) is 3.39. The summed E-state index contributed by atoms with van der Waals surface area (Å²) in [7, 11) is 0. The third-order valence-electron chi connectivity index (χ3n) is 3.97. The van der Waals surface area contributed by atoms with Crippen molar-refractivity contribution in [3.05, 3.63) is 27.3 Å². The quantitative estimate of drug-likeness (QED) is 0.474. The lowest BCUT2D eigenvalue weighted by Crippen LogP contribution is -2.25. The van der Waals surface area contributed by atoms with E-state index in [0.717, 1.165) is 23.4 Å². The van der Waals surface area contributed by atoms with Crippen molar-refractivity contribution < 1.29 is 4.39 Å². The van der Waals surface area contributed by atoms with Crippen molar-refractivity contribution in [3.8, 4) is 0 Å². The fourth-order valence-corrected chi connectivity index (χ4v) is 4.81. The molecule has 1 fully saturated rings. The molecule has 1 aromatic carbocycles. The molecule has 21 heavy (non-hydrogen) atoms. The second-order valence-electron chi connectivity index (χ2n) is 5.83. The van der Waals surface area contributed by atoms with Crippen LogP contribution in [0.25, 0.3) is 11.0 Å². The van der Waals surface area contributed by atoms with Crippen LogP contribution >= 0.6 is 46.0 Å². The van der Waals surface area contributed by atoms with Crippen LogP contribution in [0.1, 0.15) is 37.9 Å². The van der Waals surface area contributed by atoms with Crippen LogP contribution in [0, 0.1) is 9.39 Å². The monoisotopic (exact) mass is 438 g/mol. The van der Waals surface area contributed by atoms with Crippen molar-refractivity contribution in [2.24, 2.45) is 0 Å². The molecule has 0 amide bonds. The fraction of sp³-hybridized carbons (Fsp3) is 0.533. The molecule has 114 valence electrons. The molecule has 2 unspecified atom stereocenters. The van der Waals surface area contributed by atoms with Gasteiger partial charge in [-0.1, -0.05) is 0 Å². The molecule has 1 saturated heterocycles. The van der Waals surface area contributed by atoms with Gasteiger partial charge in [-0.05, 0) is 61.1 Å². The average Bonchev–Trinajstić information content (AvgIpc) is 2.97. The minimum Gasteiger partial charge on any atom is -0.325 e. The van der Waals surface area contributed by atoms with Gasteiger partial charge in [0.05, 0.1) is 20.0 Å². The van der Waals surface area contributed by atoms with Crippen LogP contribution in [0.5, 0.6) is 0 Å². The van der Waals surface area contributed by atoms with E-state index >= 15 is 0 Å². The number of alkyl halides is 1. The summed E-state index contributed by atoms with van der Waals surface area (Å²) in [6.45, 7) is 5.04. The first-order valence-electron chi connectivity index (χ1n) is 7.03. The lowest BCUT2D eigenvalue weighted by molar-refractivity contribution is 0.505. The zero-order valence-electron chi connectivity index (χ0n) is 12.0. The van der Waals surface area contributed by atoms with Crippen molar-refractivity contribution in [1.82, 2.24) is 9.55 Å². The van der Waals surface area contributed by atoms with E-state index in [2.05, 4.69) is 16.5 Å². The highest BCUT2D eigenvalue weighted by molar-refractivity contribution is 14.1. The Morgan fingerprint density at radius 3 is 2.95 bits per heavy atom. The normalized spacial score (nSPS) is 23.9. The van der Waals surface area contributed by atoms with Gasteiger partial charge >= 0.3 is 0 Å². The van der Waals surface area contributed by atoms with E-state index in [4.69, 9.17) is 11.6 Å². The van der Waals surface area contributed by atoms with Crippen LogP contribution in [0.15, 0.2) is 12.1 Å². The van der Waals surface area contributed by atoms with E-state index in [1.807, 2.05) is 41.3 Å². The molecule has 0 radical (unpaired) electrons. The first-order chi connectivity index (χ1) is 9.89. The number of imidazole rings is 1. The standard InChI is InChI=1S/C15H17ClFIN2S/c1-9(16)14-19-12-7-11(18)10(17)6-13(12)20(14)8-15(2)4-3-5-21-15/h6-7,9H,3-5,8H2,1-2H3. The van der Waals surface area contributed by atoms with Gasteiger partial charge < -0.3 is 4.57 Å². The summed E-state index contributed by atoms with van der Waals surface area (Å²) in [6.07, 6.45) is 2.42. The Hall–Kier alpha value is -0.0100. The number of thioether (sulfide) groups is 1. The molecule has 3 rings (SSSR count). The molecule has 0 bridgehead atoms. The van der Waals surface area contributed by atoms with Crippen molar-refractivity contribution >= 4 is 57.0 Å². The largest absolute Gasteiger partial charge is 0.325 e. The zero-order chi connectivity index (χ0) is 15.2. The highest BCUT2D eigenvalue weighted by atomic mass is 127. The van der Waals surface area contributed by atoms with Crippen LogP contribution in [-0.2, 0) is 6.54 Å². The molecule has 0 aliphatic carbocycles. The van der Waals surface area contributed by atoms with E-state index in [1.165, 1.54) is 18.6 Å². The first kappa shape index (κ1) is 15.9. The Kier molecular flexibility index (Phi) is 4.45. The number of aromatic nitrogens is 2. The van der Waals surface area contributed by atoms with Crippen molar-refractivity contribution in [2.75, 3.05) is 5.75 Å². The topological polar surface area (TPSA) is 17.8 Å². The maximum atomic E-state index is 14.0. The van der Waals surface area contributed by atoms with Crippen LogP contribution in [-0.4, -0.2) is 20.1 Å². The molecule has 0 N–H and O–H groups in total. The van der Waals surface area contributed by atoms with E-state index in [9.17, 15) is 4.39 Å². The molecule has 2 atom stereocenters. The SMILES string of the molecule is CC(Cl)c1nc2cc(I)c(F)cc2n1CC1(C)CCCS1. The highest BCUT2D eigenvalue weighted by Crippen LogP contribution is 2.40. The zero-order valence-corrected chi connectivity index (χ0v) is 15.7. The third kappa shape index (κ3) is 3.06. The molecule has 2 nitrogen and oxygen atoms in total. The van der Waals surface area contributed by atoms with Gasteiger partial charge in [-0.2, -0.15) is 11.8 Å². The lowest BCUT2D eigenvalue weighted by atomic mass is 10.1. The van der Waals surface area contributed by atoms with Gasteiger partial charge in [0, 0.05) is 17.4 Å². The molecular weight excluding hydrogens is 422 g/mol. The number of rotatable bonds is 3. The number of halogens is 3. The first-order valence-corrected chi connectivity index (χ1v) is 9.53. The maximum Gasteiger partial charge on any atom is 0.138 e. The van der Waals surface area contributed by atoms with E-state index in [0.29, 0.717) is 3.57 Å². The average molecular weight is 439 g/mol. The van der Waals surface area contributed by atoms with Crippen LogP contribution in [0.4, 0.5) is 4.39 Å². The van der Waals surface area contributed by atoms with Crippen molar-refractivity contribution in [1.29, 1.82) is 0 Å². The molecule has 0 saturated carbocycles. The second kappa shape index (κ2) is 5.89. The summed E-state index contributed by atoms with van der Waals surface area (Å²) in [4.78, 5) is 4.64. The molecule has 2 heterocycles. The Balaban J connectivity index is 2.13. The van der Waals surface area contributed by atoms with Gasteiger partial charge in [0.1, 0.15) is 11.6 Å². The van der Waals surface area contributed by atoms with Crippen LogP contribution < -0.4 is 0 Å². The van der Waals surface area contributed by atoms with Crippen LogP contribution in [0.2, 0.25) is 0 Å². The predicted molar refractivity (Wildman–Crippen MR) is 96.8 cm³/mol. The molecule has 1 aliphatic rings. The van der Waals surface area contributed by atoms with E-state index < -0.39 is 0 Å². The molecule has 6 heteroatoms. The minimum atomic E-state index is -0.192. The number of hydrogen-bond donors (Lipinski definition) is 0. The number of nitrogens with zero attached hydrogens (tertiary/aromatic N) is 2. The number of benzene rings is 1. The Morgan fingerprint density at radius 2 is 2.33 bits per heavy atom. The molecule has 2 aromatic rings. The maximum absolute atomic E-state index is 14.0. The number of hydrogen-bond acceptors (Lipinski definition) is 2. The summed E-state index contributed by atoms with van der Waals surface area (Å²) in [5, 5.41) is -0.187. The molecule has 1 aromatic heterocycles. The summed E-state index contributed by atoms with van der Waals surface area (Å²) in [5.41, 5.74) is 1.68. The minimum absolute atomic E-state index is 0.187. The fourth-order valence-electron chi connectivity index (χ4n) is 2.90.